The lowest BCUT2D eigenvalue weighted by molar-refractivity contribution is -0.141. The normalized spacial score (nSPS) is 10.9. The van der Waals surface area contributed by atoms with Crippen molar-refractivity contribution in [2.24, 2.45) is 0 Å². The zero-order valence-corrected chi connectivity index (χ0v) is 12.2. The van der Waals surface area contributed by atoms with Gasteiger partial charge in [-0.1, -0.05) is 18.9 Å². The number of carbonyl (C=O) groups excluding carboxylic acids is 2. The van der Waals surface area contributed by atoms with Crippen LogP contribution in [0.25, 0.3) is 0 Å². The Kier molecular flexibility index (Phi) is 6.10. The predicted molar refractivity (Wildman–Crippen MR) is 71.1 cm³/mol. The number of nitrogens with one attached hydrogen (secondary N) is 1. The average Bonchev–Trinajstić information content (AvgIpc) is 2.84. The molecule has 0 bridgehead atoms. The van der Waals surface area contributed by atoms with Crippen LogP contribution < -0.4 is 5.32 Å². The summed E-state index contributed by atoms with van der Waals surface area (Å²) in [4.78, 5) is 24.4. The van der Waals surface area contributed by atoms with Crippen LogP contribution in [0.4, 0.5) is 6.01 Å². The van der Waals surface area contributed by atoms with E-state index in [4.69, 9.17) is 4.42 Å². The van der Waals surface area contributed by atoms with Crippen LogP contribution >= 0.6 is 0 Å². The minimum absolute atomic E-state index is 0.0834. The Bertz CT molecular complexity index is 458. The Balaban J connectivity index is 2.36. The number of likely N-dealkylation sites (N-methyl/N-ethyl adjacent to an activating group) is 1. The van der Waals surface area contributed by atoms with E-state index in [0.717, 1.165) is 0 Å². The lowest BCUT2D eigenvalue weighted by Crippen LogP contribution is -2.32. The van der Waals surface area contributed by atoms with E-state index in [-0.39, 0.29) is 36.8 Å². The number of esters is 1. The van der Waals surface area contributed by atoms with Gasteiger partial charge in [0.1, 0.15) is 0 Å². The van der Waals surface area contributed by atoms with E-state index in [1.54, 1.807) is 11.9 Å². The number of anilines is 1. The van der Waals surface area contributed by atoms with Crippen LogP contribution in [0.5, 0.6) is 0 Å². The Morgan fingerprint density at radius 2 is 2.10 bits per heavy atom. The fraction of sp³-hybridized carbons (Fsp3) is 0.667. The van der Waals surface area contributed by atoms with Crippen molar-refractivity contribution >= 4 is 17.9 Å². The van der Waals surface area contributed by atoms with Gasteiger partial charge in [0.05, 0.1) is 20.1 Å². The van der Waals surface area contributed by atoms with Crippen molar-refractivity contribution in [1.29, 1.82) is 0 Å². The van der Waals surface area contributed by atoms with Crippen molar-refractivity contribution in [3.05, 3.63) is 5.89 Å². The maximum atomic E-state index is 11.7. The van der Waals surface area contributed by atoms with Crippen LogP contribution in [-0.4, -0.2) is 54.2 Å². The monoisotopic (exact) mass is 284 g/mol. The number of ether oxygens (including phenoxy) is 1. The zero-order chi connectivity index (χ0) is 15.1. The summed E-state index contributed by atoms with van der Waals surface area (Å²) in [5, 5.41) is 10.1. The van der Waals surface area contributed by atoms with Crippen LogP contribution in [0.1, 0.15) is 32.1 Å². The molecule has 1 N–H and O–H groups in total. The number of rotatable bonds is 7. The highest BCUT2D eigenvalue weighted by molar-refractivity contribution is 5.90. The summed E-state index contributed by atoms with van der Waals surface area (Å²) < 4.78 is 9.79. The SMILES string of the molecule is COC(=O)CCN(C)CC(=O)Nc1nnc(C(C)C)o1. The van der Waals surface area contributed by atoms with Crippen LogP contribution in [0.3, 0.4) is 0 Å². The smallest absolute Gasteiger partial charge is 0.322 e. The maximum absolute atomic E-state index is 11.7. The second-order valence-electron chi connectivity index (χ2n) is 4.71. The summed E-state index contributed by atoms with van der Waals surface area (Å²) >= 11 is 0. The molecule has 1 aromatic rings. The predicted octanol–water partition coefficient (Wildman–Crippen LogP) is 0.626. The summed E-state index contributed by atoms with van der Waals surface area (Å²) in [6, 6.07) is 0.0834. The molecule has 0 aliphatic rings. The molecule has 1 aromatic heterocycles. The van der Waals surface area contributed by atoms with Gasteiger partial charge >= 0.3 is 12.0 Å². The van der Waals surface area contributed by atoms with E-state index < -0.39 is 0 Å². The molecule has 0 saturated carbocycles. The first-order valence-electron chi connectivity index (χ1n) is 6.31. The molecular weight excluding hydrogens is 264 g/mol. The van der Waals surface area contributed by atoms with E-state index in [1.165, 1.54) is 7.11 Å². The third-order valence-electron chi connectivity index (χ3n) is 2.52. The van der Waals surface area contributed by atoms with Gasteiger partial charge in [-0.3, -0.25) is 19.8 Å². The second-order valence-corrected chi connectivity index (χ2v) is 4.71. The highest BCUT2D eigenvalue weighted by atomic mass is 16.5. The highest BCUT2D eigenvalue weighted by Gasteiger charge is 2.14. The molecule has 8 heteroatoms. The summed E-state index contributed by atoms with van der Waals surface area (Å²) in [5.41, 5.74) is 0. The third kappa shape index (κ3) is 5.35. The summed E-state index contributed by atoms with van der Waals surface area (Å²) in [5.74, 6) is -0.0118. The average molecular weight is 284 g/mol. The molecule has 1 heterocycles. The van der Waals surface area contributed by atoms with Gasteiger partial charge in [-0.2, -0.15) is 0 Å². The Hall–Kier alpha value is -1.96. The van der Waals surface area contributed by atoms with Crippen molar-refractivity contribution in [2.75, 3.05) is 32.6 Å². The number of amides is 1. The molecule has 0 atom stereocenters. The van der Waals surface area contributed by atoms with Gasteiger partial charge < -0.3 is 9.15 Å². The van der Waals surface area contributed by atoms with E-state index in [0.29, 0.717) is 12.4 Å². The summed E-state index contributed by atoms with van der Waals surface area (Å²) in [7, 11) is 3.06. The Morgan fingerprint density at radius 3 is 2.65 bits per heavy atom. The van der Waals surface area contributed by atoms with Crippen molar-refractivity contribution in [3.63, 3.8) is 0 Å². The number of hydrogen-bond acceptors (Lipinski definition) is 7. The van der Waals surface area contributed by atoms with Crippen LogP contribution in [0, 0.1) is 0 Å². The van der Waals surface area contributed by atoms with Crippen LogP contribution in [-0.2, 0) is 14.3 Å². The number of hydrogen-bond donors (Lipinski definition) is 1. The Morgan fingerprint density at radius 1 is 1.40 bits per heavy atom. The number of aromatic nitrogens is 2. The van der Waals surface area contributed by atoms with Gasteiger partial charge in [-0.05, 0) is 7.05 Å². The van der Waals surface area contributed by atoms with Gasteiger partial charge in [-0.15, -0.1) is 5.10 Å². The molecule has 112 valence electrons. The summed E-state index contributed by atoms with van der Waals surface area (Å²) in [6.07, 6.45) is 0.234. The number of nitrogens with zero attached hydrogens (tertiary/aromatic N) is 3. The molecule has 0 radical (unpaired) electrons. The van der Waals surface area contributed by atoms with Crippen molar-refractivity contribution in [1.82, 2.24) is 15.1 Å². The van der Waals surface area contributed by atoms with E-state index in [1.807, 2.05) is 13.8 Å². The molecule has 8 nitrogen and oxygen atoms in total. The molecule has 0 spiro atoms. The molecule has 0 fully saturated rings. The zero-order valence-electron chi connectivity index (χ0n) is 12.2. The first kappa shape index (κ1) is 16.1. The van der Waals surface area contributed by atoms with Gasteiger partial charge in [-0.25, -0.2) is 0 Å². The highest BCUT2D eigenvalue weighted by Crippen LogP contribution is 2.14. The lowest BCUT2D eigenvalue weighted by Gasteiger charge is -2.14. The summed E-state index contributed by atoms with van der Waals surface area (Å²) in [6.45, 7) is 4.39. The first-order valence-corrected chi connectivity index (χ1v) is 6.31. The molecular formula is C12H20N4O4. The quantitative estimate of drug-likeness (QED) is 0.733. The molecule has 0 unspecified atom stereocenters. The largest absolute Gasteiger partial charge is 0.469 e. The minimum Gasteiger partial charge on any atom is -0.469 e. The third-order valence-corrected chi connectivity index (χ3v) is 2.52. The van der Waals surface area contributed by atoms with E-state index >= 15 is 0 Å². The Labute approximate surface area is 117 Å². The van der Waals surface area contributed by atoms with E-state index in [2.05, 4.69) is 20.3 Å². The molecule has 20 heavy (non-hydrogen) atoms. The fourth-order valence-corrected chi connectivity index (χ4v) is 1.39. The number of carbonyl (C=O) groups is 2. The van der Waals surface area contributed by atoms with Gasteiger partial charge in [0, 0.05) is 12.5 Å². The van der Waals surface area contributed by atoms with Crippen molar-refractivity contribution in [2.45, 2.75) is 26.2 Å². The second kappa shape index (κ2) is 7.59. The lowest BCUT2D eigenvalue weighted by atomic mass is 10.2. The van der Waals surface area contributed by atoms with E-state index in [9.17, 15) is 9.59 Å². The van der Waals surface area contributed by atoms with Crippen LogP contribution in [0.15, 0.2) is 4.42 Å². The molecule has 0 aliphatic carbocycles. The molecule has 1 rings (SSSR count). The molecule has 0 saturated heterocycles. The van der Waals surface area contributed by atoms with Crippen LogP contribution in [0.2, 0.25) is 0 Å². The van der Waals surface area contributed by atoms with Gasteiger partial charge in [0.15, 0.2) is 0 Å². The maximum Gasteiger partial charge on any atom is 0.322 e. The first-order chi connectivity index (χ1) is 9.42. The molecule has 0 aromatic carbocycles. The van der Waals surface area contributed by atoms with Crippen molar-refractivity contribution in [3.8, 4) is 0 Å². The molecule has 0 aliphatic heterocycles. The number of methoxy groups -OCH3 is 1. The standard InChI is InChI=1S/C12H20N4O4/c1-8(2)11-14-15-12(20-11)13-9(17)7-16(3)6-5-10(18)19-4/h8H,5-7H2,1-4H3,(H,13,15,17). The van der Waals surface area contributed by atoms with Gasteiger partial charge in [0.2, 0.25) is 11.8 Å². The molecule has 1 amide bonds. The van der Waals surface area contributed by atoms with Gasteiger partial charge in [0.25, 0.3) is 0 Å². The minimum atomic E-state index is -0.310. The topological polar surface area (TPSA) is 97.6 Å². The fourth-order valence-electron chi connectivity index (χ4n) is 1.39. The van der Waals surface area contributed by atoms with Crippen molar-refractivity contribution < 1.29 is 18.7 Å².